The Morgan fingerprint density at radius 3 is 2.89 bits per heavy atom. The molecule has 0 radical (unpaired) electrons. The highest BCUT2D eigenvalue weighted by atomic mass is 32.1. The zero-order valence-electron chi connectivity index (χ0n) is 10.9. The summed E-state index contributed by atoms with van der Waals surface area (Å²) >= 11 is 1.81. The fourth-order valence-corrected chi connectivity index (χ4v) is 2.60. The molecule has 0 aromatic carbocycles. The molecule has 18 heavy (non-hydrogen) atoms. The first-order chi connectivity index (χ1) is 8.81. The predicted molar refractivity (Wildman–Crippen MR) is 77.9 cm³/mol. The van der Waals surface area contributed by atoms with Crippen molar-refractivity contribution in [3.05, 3.63) is 46.4 Å². The first kappa shape index (κ1) is 13.1. The van der Waals surface area contributed by atoms with Gasteiger partial charge in [0.15, 0.2) is 0 Å². The Hall–Kier alpha value is -1.39. The molecule has 2 heterocycles. The summed E-state index contributed by atoms with van der Waals surface area (Å²) in [6.07, 6.45) is 1.86. The van der Waals surface area contributed by atoms with Crippen LogP contribution >= 0.6 is 11.3 Å². The van der Waals surface area contributed by atoms with Crippen molar-refractivity contribution >= 4 is 17.0 Å². The van der Waals surface area contributed by atoms with E-state index < -0.39 is 0 Å². The van der Waals surface area contributed by atoms with Gasteiger partial charge in [-0.15, -0.1) is 11.3 Å². The van der Waals surface area contributed by atoms with Gasteiger partial charge in [-0.2, -0.15) is 0 Å². The quantitative estimate of drug-likeness (QED) is 0.865. The van der Waals surface area contributed by atoms with Crippen molar-refractivity contribution in [1.82, 2.24) is 9.88 Å². The van der Waals surface area contributed by atoms with Crippen LogP contribution in [0.4, 0.5) is 5.69 Å². The molecule has 0 spiro atoms. The molecule has 0 aliphatic carbocycles. The van der Waals surface area contributed by atoms with E-state index in [2.05, 4.69) is 45.7 Å². The summed E-state index contributed by atoms with van der Waals surface area (Å²) in [6, 6.07) is 8.38. The lowest BCUT2D eigenvalue weighted by Gasteiger charge is -2.19. The van der Waals surface area contributed by atoms with Gasteiger partial charge in [0, 0.05) is 36.9 Å². The molecule has 3 nitrogen and oxygen atoms in total. The molecule has 96 valence electrons. The molecular weight excluding hydrogens is 242 g/mol. The maximum atomic E-state index is 4.43. The minimum Gasteiger partial charge on any atom is -0.388 e. The molecule has 0 saturated carbocycles. The monoisotopic (exact) mass is 261 g/mol. The van der Waals surface area contributed by atoms with Crippen molar-refractivity contribution in [3.63, 3.8) is 0 Å². The minimum absolute atomic E-state index is 0.893. The third-order valence-corrected chi connectivity index (χ3v) is 3.76. The maximum absolute atomic E-state index is 4.43. The summed E-state index contributed by atoms with van der Waals surface area (Å²) in [7, 11) is 1.93. The standard InChI is InChI=1S/C14H19N3S/c1-3-17(11-14-5-4-8-18-14)10-13-9-12(15-2)6-7-16-13/h4-9H,3,10-11H2,1-2H3,(H,15,16). The fraction of sp³-hybridized carbons (Fsp3) is 0.357. The van der Waals surface area contributed by atoms with E-state index in [-0.39, 0.29) is 0 Å². The van der Waals surface area contributed by atoms with Crippen LogP contribution in [0, 0.1) is 0 Å². The highest BCUT2D eigenvalue weighted by molar-refractivity contribution is 7.09. The van der Waals surface area contributed by atoms with Crippen LogP contribution in [0.3, 0.4) is 0 Å². The van der Waals surface area contributed by atoms with E-state index in [9.17, 15) is 0 Å². The number of rotatable bonds is 6. The second-order valence-corrected chi connectivity index (χ2v) is 5.20. The second kappa shape index (κ2) is 6.52. The molecule has 4 heteroatoms. The Bertz CT molecular complexity index is 468. The van der Waals surface area contributed by atoms with E-state index in [4.69, 9.17) is 0 Å². The summed E-state index contributed by atoms with van der Waals surface area (Å²) < 4.78 is 0. The van der Waals surface area contributed by atoms with Crippen molar-refractivity contribution in [2.45, 2.75) is 20.0 Å². The van der Waals surface area contributed by atoms with Gasteiger partial charge in [0.1, 0.15) is 0 Å². The van der Waals surface area contributed by atoms with Gasteiger partial charge < -0.3 is 5.32 Å². The van der Waals surface area contributed by atoms with E-state index in [1.54, 1.807) is 0 Å². The van der Waals surface area contributed by atoms with E-state index in [1.165, 1.54) is 4.88 Å². The van der Waals surface area contributed by atoms with Gasteiger partial charge in [0.05, 0.1) is 5.69 Å². The van der Waals surface area contributed by atoms with Crippen LogP contribution in [0.15, 0.2) is 35.8 Å². The summed E-state index contributed by atoms with van der Waals surface area (Å²) in [6.45, 7) is 5.11. The first-order valence-corrected chi connectivity index (χ1v) is 7.07. The fourth-order valence-electron chi connectivity index (χ4n) is 1.85. The van der Waals surface area contributed by atoms with Crippen LogP contribution in [0.1, 0.15) is 17.5 Å². The zero-order chi connectivity index (χ0) is 12.8. The lowest BCUT2D eigenvalue weighted by atomic mass is 10.3. The number of pyridine rings is 1. The number of aromatic nitrogens is 1. The van der Waals surface area contributed by atoms with Crippen LogP contribution in [-0.4, -0.2) is 23.5 Å². The number of nitrogens with one attached hydrogen (secondary N) is 1. The second-order valence-electron chi connectivity index (χ2n) is 4.17. The van der Waals surface area contributed by atoms with Crippen molar-refractivity contribution < 1.29 is 0 Å². The Labute approximate surface area is 112 Å². The van der Waals surface area contributed by atoms with Crippen molar-refractivity contribution in [2.24, 2.45) is 0 Å². The molecule has 0 amide bonds. The van der Waals surface area contributed by atoms with Gasteiger partial charge in [0.25, 0.3) is 0 Å². The van der Waals surface area contributed by atoms with Gasteiger partial charge in [-0.1, -0.05) is 13.0 Å². The third-order valence-electron chi connectivity index (χ3n) is 2.90. The van der Waals surface area contributed by atoms with Gasteiger partial charge >= 0.3 is 0 Å². The Morgan fingerprint density at radius 1 is 1.33 bits per heavy atom. The number of anilines is 1. The van der Waals surface area contributed by atoms with Crippen LogP contribution in [0.2, 0.25) is 0 Å². The van der Waals surface area contributed by atoms with E-state index >= 15 is 0 Å². The van der Waals surface area contributed by atoms with E-state index in [0.29, 0.717) is 0 Å². The number of nitrogens with zero attached hydrogens (tertiary/aromatic N) is 2. The minimum atomic E-state index is 0.893. The zero-order valence-corrected chi connectivity index (χ0v) is 11.7. The Balaban J connectivity index is 2.00. The predicted octanol–water partition coefficient (Wildman–Crippen LogP) is 3.21. The Kier molecular flexibility index (Phi) is 4.73. The average molecular weight is 261 g/mol. The number of thiophene rings is 1. The van der Waals surface area contributed by atoms with Crippen LogP contribution in [-0.2, 0) is 13.1 Å². The largest absolute Gasteiger partial charge is 0.388 e. The first-order valence-electron chi connectivity index (χ1n) is 6.19. The highest BCUT2D eigenvalue weighted by Crippen LogP contribution is 2.14. The summed E-state index contributed by atoms with van der Waals surface area (Å²) in [4.78, 5) is 8.23. The Morgan fingerprint density at radius 2 is 2.22 bits per heavy atom. The number of hydrogen-bond donors (Lipinski definition) is 1. The topological polar surface area (TPSA) is 28.2 Å². The molecular formula is C14H19N3S. The molecule has 0 unspecified atom stereocenters. The van der Waals surface area contributed by atoms with E-state index in [1.807, 2.05) is 30.6 Å². The van der Waals surface area contributed by atoms with Gasteiger partial charge in [-0.25, -0.2) is 0 Å². The highest BCUT2D eigenvalue weighted by Gasteiger charge is 2.06. The molecule has 1 N–H and O–H groups in total. The lowest BCUT2D eigenvalue weighted by Crippen LogP contribution is -2.22. The van der Waals surface area contributed by atoms with E-state index in [0.717, 1.165) is 31.0 Å². The van der Waals surface area contributed by atoms with Gasteiger partial charge in [-0.05, 0) is 30.1 Å². The SMILES string of the molecule is CCN(Cc1cc(NC)ccn1)Cc1cccs1. The van der Waals surface area contributed by atoms with Crippen molar-refractivity contribution in [3.8, 4) is 0 Å². The van der Waals surface area contributed by atoms with Crippen LogP contribution < -0.4 is 5.32 Å². The number of hydrogen-bond acceptors (Lipinski definition) is 4. The molecule has 0 atom stereocenters. The summed E-state index contributed by atoms with van der Waals surface area (Å²) in [5.74, 6) is 0. The molecule has 0 fully saturated rings. The molecule has 2 rings (SSSR count). The average Bonchev–Trinajstić information content (AvgIpc) is 2.91. The summed E-state index contributed by atoms with van der Waals surface area (Å²) in [5.41, 5.74) is 2.23. The molecule has 0 aliphatic rings. The smallest absolute Gasteiger partial charge is 0.0564 e. The molecule has 2 aromatic rings. The normalized spacial score (nSPS) is 10.8. The molecule has 0 aliphatic heterocycles. The van der Waals surface area contributed by atoms with Crippen molar-refractivity contribution in [1.29, 1.82) is 0 Å². The molecule has 0 saturated heterocycles. The molecule has 2 aromatic heterocycles. The van der Waals surface area contributed by atoms with Crippen LogP contribution in [0.25, 0.3) is 0 Å². The van der Waals surface area contributed by atoms with Gasteiger partial charge in [0.2, 0.25) is 0 Å². The summed E-state index contributed by atoms with van der Waals surface area (Å²) in [5, 5.41) is 5.28. The lowest BCUT2D eigenvalue weighted by molar-refractivity contribution is 0.270. The maximum Gasteiger partial charge on any atom is 0.0564 e. The van der Waals surface area contributed by atoms with Crippen LogP contribution in [0.5, 0.6) is 0 Å². The van der Waals surface area contributed by atoms with Gasteiger partial charge in [-0.3, -0.25) is 9.88 Å². The van der Waals surface area contributed by atoms with Crippen molar-refractivity contribution in [2.75, 3.05) is 18.9 Å². The third kappa shape index (κ3) is 3.55. The molecule has 0 bridgehead atoms.